The average Bonchev–Trinajstić information content (AvgIpc) is 3.20. The molecule has 2 aromatic carbocycles. The van der Waals surface area contributed by atoms with Crippen LogP contribution in [0.2, 0.25) is 0 Å². The van der Waals surface area contributed by atoms with Crippen molar-refractivity contribution in [3.8, 4) is 5.75 Å². The van der Waals surface area contributed by atoms with E-state index in [1.807, 2.05) is 37.3 Å². The third-order valence-electron chi connectivity index (χ3n) is 4.23. The van der Waals surface area contributed by atoms with Gasteiger partial charge in [0.25, 0.3) is 0 Å². The van der Waals surface area contributed by atoms with Crippen molar-refractivity contribution < 1.29 is 13.2 Å². The lowest BCUT2D eigenvalue weighted by molar-refractivity contribution is 0.414. The normalized spacial score (nSPS) is 24.6. The monoisotopic (exact) mass is 302 g/mol. The Labute approximate surface area is 125 Å². The summed E-state index contributed by atoms with van der Waals surface area (Å²) in [5, 5.41) is -0.326. The van der Waals surface area contributed by atoms with E-state index in [9.17, 15) is 8.42 Å². The summed E-state index contributed by atoms with van der Waals surface area (Å²) in [6.07, 6.45) is 0. The number of methoxy groups -OCH3 is 1. The van der Waals surface area contributed by atoms with Crippen LogP contribution in [0, 0.1) is 5.92 Å². The van der Waals surface area contributed by atoms with Crippen LogP contribution in [0.15, 0.2) is 59.5 Å². The molecule has 0 aliphatic heterocycles. The minimum Gasteiger partial charge on any atom is -0.497 e. The quantitative estimate of drug-likeness (QED) is 0.870. The lowest BCUT2D eigenvalue weighted by Crippen LogP contribution is -2.10. The van der Waals surface area contributed by atoms with E-state index < -0.39 is 9.84 Å². The Bertz CT molecular complexity index is 720. The molecule has 3 rings (SSSR count). The number of ether oxygens (including phenoxy) is 1. The smallest absolute Gasteiger partial charge is 0.182 e. The summed E-state index contributed by atoms with van der Waals surface area (Å²) in [6.45, 7) is 2.00. The Hall–Kier alpha value is -1.81. The van der Waals surface area contributed by atoms with Crippen LogP contribution in [0.25, 0.3) is 0 Å². The molecule has 1 aliphatic rings. The molecule has 0 aromatic heterocycles. The predicted octanol–water partition coefficient (Wildman–Crippen LogP) is 3.27. The van der Waals surface area contributed by atoms with Crippen molar-refractivity contribution in [2.75, 3.05) is 7.11 Å². The molecule has 0 unspecified atom stereocenters. The molecule has 0 radical (unpaired) electrons. The topological polar surface area (TPSA) is 43.4 Å². The lowest BCUT2D eigenvalue weighted by atomic mass is 10.1. The van der Waals surface area contributed by atoms with E-state index >= 15 is 0 Å². The maximum Gasteiger partial charge on any atom is 0.182 e. The van der Waals surface area contributed by atoms with Gasteiger partial charge in [0.15, 0.2) is 9.84 Å². The van der Waals surface area contributed by atoms with Crippen molar-refractivity contribution in [3.05, 3.63) is 60.2 Å². The number of hydrogen-bond acceptors (Lipinski definition) is 3. The third-order valence-corrected chi connectivity index (χ3v) is 6.60. The molecule has 0 bridgehead atoms. The Kier molecular flexibility index (Phi) is 3.49. The Morgan fingerprint density at radius 1 is 0.952 bits per heavy atom. The van der Waals surface area contributed by atoms with Crippen molar-refractivity contribution >= 4 is 9.84 Å². The molecule has 3 atom stereocenters. The second-order valence-corrected chi connectivity index (χ2v) is 7.59. The standard InChI is InChI=1S/C17H18O3S/c1-12-16(13-8-10-14(20-2)11-9-13)17(12)21(18,19)15-6-4-3-5-7-15/h3-12,16-17H,1-2H3/t12-,16+,17+/m1/s1. The first-order valence-electron chi connectivity index (χ1n) is 6.98. The Morgan fingerprint density at radius 3 is 2.14 bits per heavy atom. The molecule has 0 heterocycles. The molecule has 1 saturated carbocycles. The second-order valence-electron chi connectivity index (χ2n) is 5.48. The van der Waals surface area contributed by atoms with E-state index in [0.717, 1.165) is 11.3 Å². The van der Waals surface area contributed by atoms with Gasteiger partial charge >= 0.3 is 0 Å². The zero-order valence-corrected chi connectivity index (χ0v) is 12.9. The Balaban J connectivity index is 1.88. The molecule has 0 saturated heterocycles. The molecule has 2 aromatic rings. The molecular formula is C17H18O3S. The van der Waals surface area contributed by atoms with E-state index in [1.54, 1.807) is 31.4 Å². The van der Waals surface area contributed by atoms with Gasteiger partial charge in [0.05, 0.1) is 17.3 Å². The molecular weight excluding hydrogens is 284 g/mol. The van der Waals surface area contributed by atoms with Crippen LogP contribution >= 0.6 is 0 Å². The molecule has 110 valence electrons. The molecule has 0 amide bonds. The van der Waals surface area contributed by atoms with Gasteiger partial charge in [-0.25, -0.2) is 8.42 Å². The SMILES string of the molecule is COc1ccc([C@@H]2[C@@H](C)[C@@H]2S(=O)(=O)c2ccccc2)cc1. The van der Waals surface area contributed by atoms with Gasteiger partial charge in [-0.05, 0) is 35.7 Å². The number of benzene rings is 2. The maximum atomic E-state index is 12.7. The zero-order chi connectivity index (χ0) is 15.0. The van der Waals surface area contributed by atoms with Crippen LogP contribution in [0.1, 0.15) is 18.4 Å². The highest BCUT2D eigenvalue weighted by Gasteiger charge is 2.56. The van der Waals surface area contributed by atoms with E-state index in [0.29, 0.717) is 4.90 Å². The van der Waals surface area contributed by atoms with Gasteiger partial charge in [0, 0.05) is 5.92 Å². The zero-order valence-electron chi connectivity index (χ0n) is 12.1. The van der Waals surface area contributed by atoms with Crippen molar-refractivity contribution in [2.24, 2.45) is 5.92 Å². The van der Waals surface area contributed by atoms with Crippen molar-refractivity contribution in [3.63, 3.8) is 0 Å². The molecule has 3 nitrogen and oxygen atoms in total. The van der Waals surface area contributed by atoms with Gasteiger partial charge in [-0.15, -0.1) is 0 Å². The van der Waals surface area contributed by atoms with E-state index in [2.05, 4.69) is 0 Å². The number of sulfone groups is 1. The third kappa shape index (κ3) is 2.44. The van der Waals surface area contributed by atoms with Gasteiger partial charge in [0.1, 0.15) is 5.75 Å². The van der Waals surface area contributed by atoms with Crippen LogP contribution in [0.3, 0.4) is 0 Å². The van der Waals surface area contributed by atoms with E-state index in [4.69, 9.17) is 4.74 Å². The fourth-order valence-electron chi connectivity index (χ4n) is 2.99. The van der Waals surface area contributed by atoms with Crippen molar-refractivity contribution in [1.29, 1.82) is 0 Å². The maximum absolute atomic E-state index is 12.7. The van der Waals surface area contributed by atoms with Gasteiger partial charge in [-0.3, -0.25) is 0 Å². The Morgan fingerprint density at radius 2 is 1.57 bits per heavy atom. The fraction of sp³-hybridized carbons (Fsp3) is 0.294. The van der Waals surface area contributed by atoms with E-state index in [1.165, 1.54) is 0 Å². The highest BCUT2D eigenvalue weighted by Crippen LogP contribution is 2.53. The highest BCUT2D eigenvalue weighted by molar-refractivity contribution is 7.92. The van der Waals surface area contributed by atoms with Gasteiger partial charge < -0.3 is 4.74 Å². The summed E-state index contributed by atoms with van der Waals surface area (Å²) < 4.78 is 30.5. The summed E-state index contributed by atoms with van der Waals surface area (Å²) in [7, 11) is -1.64. The predicted molar refractivity (Wildman–Crippen MR) is 82.3 cm³/mol. The first kappa shape index (κ1) is 14.1. The minimum atomic E-state index is -3.26. The van der Waals surface area contributed by atoms with E-state index in [-0.39, 0.29) is 17.1 Å². The van der Waals surface area contributed by atoms with Crippen molar-refractivity contribution in [1.82, 2.24) is 0 Å². The highest BCUT2D eigenvalue weighted by atomic mass is 32.2. The molecule has 21 heavy (non-hydrogen) atoms. The summed E-state index contributed by atoms with van der Waals surface area (Å²) >= 11 is 0. The molecule has 0 N–H and O–H groups in total. The van der Waals surface area contributed by atoms with Gasteiger partial charge in [0.2, 0.25) is 0 Å². The summed E-state index contributed by atoms with van der Waals surface area (Å²) in [5.41, 5.74) is 1.06. The molecule has 4 heteroatoms. The first-order chi connectivity index (χ1) is 10.1. The summed E-state index contributed by atoms with van der Waals surface area (Å²) in [4.78, 5) is 0.415. The van der Waals surface area contributed by atoms with Gasteiger partial charge in [-0.1, -0.05) is 37.3 Å². The second kappa shape index (κ2) is 5.19. The number of hydrogen-bond donors (Lipinski definition) is 0. The van der Waals surface area contributed by atoms with Crippen LogP contribution < -0.4 is 4.74 Å². The summed E-state index contributed by atoms with van der Waals surface area (Å²) in [6, 6.07) is 16.4. The van der Waals surface area contributed by atoms with Crippen molar-refractivity contribution in [2.45, 2.75) is 23.0 Å². The first-order valence-corrected chi connectivity index (χ1v) is 8.53. The van der Waals surface area contributed by atoms with Crippen LogP contribution in [0.5, 0.6) is 5.75 Å². The minimum absolute atomic E-state index is 0.0705. The molecule has 1 fully saturated rings. The average molecular weight is 302 g/mol. The molecule has 0 spiro atoms. The van der Waals surface area contributed by atoms with Gasteiger partial charge in [-0.2, -0.15) is 0 Å². The fourth-order valence-corrected chi connectivity index (χ4v) is 5.27. The van der Waals surface area contributed by atoms with Crippen LogP contribution in [0.4, 0.5) is 0 Å². The summed E-state index contributed by atoms with van der Waals surface area (Å²) in [5.74, 6) is 0.999. The van der Waals surface area contributed by atoms with Crippen LogP contribution in [-0.2, 0) is 9.84 Å². The largest absolute Gasteiger partial charge is 0.497 e. The molecule has 1 aliphatic carbocycles. The lowest BCUT2D eigenvalue weighted by Gasteiger charge is -2.05. The van der Waals surface area contributed by atoms with Crippen LogP contribution in [-0.4, -0.2) is 20.8 Å². The number of rotatable bonds is 4.